The Kier molecular flexibility index (Phi) is 4.89. The zero-order valence-electron chi connectivity index (χ0n) is 20.9. The number of aryl methyl sites for hydroxylation is 1. The Bertz CT molecular complexity index is 1620. The van der Waals surface area contributed by atoms with Gasteiger partial charge < -0.3 is 4.90 Å². The first-order chi connectivity index (χ1) is 18.5. The fourth-order valence-electron chi connectivity index (χ4n) is 6.90. The molecule has 38 heavy (non-hydrogen) atoms. The van der Waals surface area contributed by atoms with Crippen molar-refractivity contribution < 1.29 is 14.4 Å². The average Bonchev–Trinajstić information content (AvgIpc) is 3.39. The minimum Gasteiger partial charge on any atom is -0.352 e. The first-order valence-corrected chi connectivity index (χ1v) is 12.9. The van der Waals surface area contributed by atoms with Gasteiger partial charge in [-0.2, -0.15) is 0 Å². The molecular formula is C34H25NO3. The summed E-state index contributed by atoms with van der Waals surface area (Å²) in [6.45, 7) is 2.03. The zero-order valence-corrected chi connectivity index (χ0v) is 20.9. The third kappa shape index (κ3) is 2.89. The van der Waals surface area contributed by atoms with Crippen molar-refractivity contribution in [1.29, 1.82) is 0 Å². The average molecular weight is 496 g/mol. The number of hydrogen-bond acceptors (Lipinski definition) is 4. The molecule has 7 rings (SSSR count). The van der Waals surface area contributed by atoms with Crippen molar-refractivity contribution in [2.75, 3.05) is 4.90 Å². The largest absolute Gasteiger partial charge is 0.352 e. The molecule has 3 aliphatic rings. The van der Waals surface area contributed by atoms with E-state index < -0.39 is 23.4 Å². The number of carbonyl (C=O) groups is 3. The van der Waals surface area contributed by atoms with E-state index in [2.05, 4.69) is 11.0 Å². The van der Waals surface area contributed by atoms with Gasteiger partial charge in [0.25, 0.3) is 0 Å². The lowest BCUT2D eigenvalue weighted by Crippen LogP contribution is -2.48. The summed E-state index contributed by atoms with van der Waals surface area (Å²) < 4.78 is 0. The maximum absolute atomic E-state index is 14.5. The third-order valence-corrected chi connectivity index (χ3v) is 8.44. The third-order valence-electron chi connectivity index (χ3n) is 8.44. The second-order valence-corrected chi connectivity index (χ2v) is 10.4. The van der Waals surface area contributed by atoms with Gasteiger partial charge in [-0.05, 0) is 30.2 Å². The normalized spacial score (nSPS) is 22.3. The number of hydrogen-bond donors (Lipinski definition) is 0. The number of anilines is 1. The molecule has 1 aliphatic carbocycles. The standard InChI is InChI=1S/C34H25NO3/c1-21-16-18-27-24(20-21)17-19-28-34(32(37)25-14-8-9-15-26(25)33(34)38)29(22-10-4-2-5-11-22)30(35(27)28)31(36)23-12-6-3-7-13-23/h2-20,28-30H,1H3/t28-,29-,30+/m0/s1. The monoisotopic (exact) mass is 495 g/mol. The predicted octanol–water partition coefficient (Wildman–Crippen LogP) is 6.31. The Morgan fingerprint density at radius 3 is 2.03 bits per heavy atom. The van der Waals surface area contributed by atoms with E-state index in [1.165, 1.54) is 0 Å². The molecule has 4 aromatic carbocycles. The quantitative estimate of drug-likeness (QED) is 0.247. The van der Waals surface area contributed by atoms with E-state index in [-0.39, 0.29) is 17.3 Å². The van der Waals surface area contributed by atoms with Crippen molar-refractivity contribution >= 4 is 29.1 Å². The lowest BCUT2D eigenvalue weighted by Gasteiger charge is -2.37. The van der Waals surface area contributed by atoms with Gasteiger partial charge in [-0.25, -0.2) is 0 Å². The summed E-state index contributed by atoms with van der Waals surface area (Å²) >= 11 is 0. The number of fused-ring (bicyclic) bond motifs is 5. The molecule has 0 aromatic heterocycles. The molecule has 0 unspecified atom stereocenters. The highest BCUT2D eigenvalue weighted by molar-refractivity contribution is 6.32. The minimum absolute atomic E-state index is 0.0975. The second-order valence-electron chi connectivity index (χ2n) is 10.4. The number of Topliss-reactive ketones (excluding diaryl/α,β-unsaturated/α-hetero) is 3. The molecule has 1 fully saturated rings. The van der Waals surface area contributed by atoms with Gasteiger partial charge in [0.1, 0.15) is 11.5 Å². The van der Waals surface area contributed by atoms with Crippen molar-refractivity contribution in [2.24, 2.45) is 5.41 Å². The van der Waals surface area contributed by atoms with Gasteiger partial charge in [-0.3, -0.25) is 14.4 Å². The lowest BCUT2D eigenvalue weighted by atomic mass is 9.64. The first kappa shape index (κ1) is 22.6. The maximum atomic E-state index is 14.5. The molecule has 0 saturated carbocycles. The summed E-state index contributed by atoms with van der Waals surface area (Å²) in [6, 6.07) is 30.7. The van der Waals surface area contributed by atoms with Gasteiger partial charge in [-0.1, -0.05) is 109 Å². The van der Waals surface area contributed by atoms with Gasteiger partial charge >= 0.3 is 0 Å². The van der Waals surface area contributed by atoms with Crippen LogP contribution < -0.4 is 4.90 Å². The fourth-order valence-corrected chi connectivity index (χ4v) is 6.90. The Balaban J connectivity index is 1.55. The van der Waals surface area contributed by atoms with Crippen LogP contribution in [-0.2, 0) is 0 Å². The topological polar surface area (TPSA) is 54.5 Å². The van der Waals surface area contributed by atoms with Crippen LogP contribution in [-0.4, -0.2) is 29.4 Å². The summed E-state index contributed by atoms with van der Waals surface area (Å²) in [5.74, 6) is -1.18. The van der Waals surface area contributed by atoms with Crippen molar-refractivity contribution in [1.82, 2.24) is 0 Å². The molecule has 0 N–H and O–H groups in total. The highest BCUT2D eigenvalue weighted by Crippen LogP contribution is 2.60. The Hall–Kier alpha value is -4.57. The highest BCUT2D eigenvalue weighted by atomic mass is 16.2. The molecule has 0 bridgehead atoms. The maximum Gasteiger partial charge on any atom is 0.185 e. The van der Waals surface area contributed by atoms with Gasteiger partial charge in [0.15, 0.2) is 17.3 Å². The fraction of sp³-hybridized carbons (Fsp3) is 0.147. The summed E-state index contributed by atoms with van der Waals surface area (Å²) in [5.41, 5.74) is 3.74. The summed E-state index contributed by atoms with van der Waals surface area (Å²) in [4.78, 5) is 45.7. The minimum atomic E-state index is -1.46. The zero-order chi connectivity index (χ0) is 26.0. The Morgan fingerprint density at radius 1 is 0.763 bits per heavy atom. The summed E-state index contributed by atoms with van der Waals surface area (Å²) in [6.07, 6.45) is 3.98. The van der Waals surface area contributed by atoms with E-state index >= 15 is 0 Å². The van der Waals surface area contributed by atoms with Gasteiger partial charge in [-0.15, -0.1) is 0 Å². The smallest absolute Gasteiger partial charge is 0.185 e. The van der Waals surface area contributed by atoms with Crippen molar-refractivity contribution in [3.05, 3.63) is 143 Å². The number of nitrogens with zero attached hydrogens (tertiary/aromatic N) is 1. The number of carbonyl (C=O) groups excluding carboxylic acids is 3. The van der Waals surface area contributed by atoms with Crippen LogP contribution in [0.25, 0.3) is 6.08 Å². The predicted molar refractivity (Wildman–Crippen MR) is 148 cm³/mol. The second kappa shape index (κ2) is 8.22. The first-order valence-electron chi connectivity index (χ1n) is 12.9. The molecule has 4 nitrogen and oxygen atoms in total. The molecule has 2 aliphatic heterocycles. The summed E-state index contributed by atoms with van der Waals surface area (Å²) in [7, 11) is 0. The molecule has 3 atom stereocenters. The van der Waals surface area contributed by atoms with Crippen LogP contribution in [0, 0.1) is 12.3 Å². The lowest BCUT2D eigenvalue weighted by molar-refractivity contribution is 0.0666. The van der Waals surface area contributed by atoms with E-state index in [1.807, 2.05) is 91.9 Å². The Morgan fingerprint density at radius 2 is 1.37 bits per heavy atom. The SMILES string of the molecule is Cc1ccc2c(c1)C=C[C@@H]1N2[C@@H](C(=O)c2ccccc2)[C@H](c2ccccc2)C12C(=O)c1ccccc1C2=O. The van der Waals surface area contributed by atoms with E-state index in [4.69, 9.17) is 0 Å². The molecule has 0 amide bonds. The van der Waals surface area contributed by atoms with Crippen LogP contribution in [0.2, 0.25) is 0 Å². The van der Waals surface area contributed by atoms with Crippen LogP contribution in [0.5, 0.6) is 0 Å². The number of ketones is 3. The van der Waals surface area contributed by atoms with E-state index in [0.717, 1.165) is 22.4 Å². The van der Waals surface area contributed by atoms with E-state index in [0.29, 0.717) is 16.7 Å². The van der Waals surface area contributed by atoms with Crippen LogP contribution >= 0.6 is 0 Å². The van der Waals surface area contributed by atoms with Crippen LogP contribution in [0.3, 0.4) is 0 Å². The molecule has 1 spiro atoms. The highest BCUT2D eigenvalue weighted by Gasteiger charge is 2.71. The van der Waals surface area contributed by atoms with Gasteiger partial charge in [0.2, 0.25) is 0 Å². The molecule has 4 heteroatoms. The van der Waals surface area contributed by atoms with Gasteiger partial charge in [0, 0.05) is 28.3 Å². The van der Waals surface area contributed by atoms with Crippen molar-refractivity contribution in [2.45, 2.75) is 24.9 Å². The van der Waals surface area contributed by atoms with E-state index in [9.17, 15) is 14.4 Å². The van der Waals surface area contributed by atoms with Crippen molar-refractivity contribution in [3.8, 4) is 0 Å². The molecule has 1 saturated heterocycles. The molecular weight excluding hydrogens is 470 g/mol. The van der Waals surface area contributed by atoms with Crippen molar-refractivity contribution in [3.63, 3.8) is 0 Å². The summed E-state index contributed by atoms with van der Waals surface area (Å²) in [5, 5.41) is 0. The van der Waals surface area contributed by atoms with Crippen LogP contribution in [0.15, 0.2) is 109 Å². The van der Waals surface area contributed by atoms with Crippen LogP contribution in [0.4, 0.5) is 5.69 Å². The number of rotatable bonds is 3. The van der Waals surface area contributed by atoms with Gasteiger partial charge in [0.05, 0.1) is 6.04 Å². The van der Waals surface area contributed by atoms with Crippen LogP contribution in [0.1, 0.15) is 53.7 Å². The Labute approximate surface area is 221 Å². The molecule has 184 valence electrons. The molecule has 2 heterocycles. The van der Waals surface area contributed by atoms with E-state index in [1.54, 1.807) is 24.3 Å². The molecule has 4 aromatic rings. The molecule has 0 radical (unpaired) electrons. The number of benzene rings is 4.